The highest BCUT2D eigenvalue weighted by Gasteiger charge is 2.39. The third-order valence-electron chi connectivity index (χ3n) is 5.42. The van der Waals surface area contributed by atoms with Crippen LogP contribution in [0.3, 0.4) is 0 Å². The molecule has 0 fully saturated rings. The number of nitrogens with one attached hydrogen (secondary N) is 1. The van der Waals surface area contributed by atoms with Gasteiger partial charge in [0, 0.05) is 12.0 Å². The van der Waals surface area contributed by atoms with Crippen molar-refractivity contribution < 1.29 is 22.7 Å². The molecule has 0 saturated carbocycles. The number of anilines is 1. The molecule has 1 amide bonds. The van der Waals surface area contributed by atoms with E-state index in [0.717, 1.165) is 11.3 Å². The molecule has 0 unspecified atom stereocenters. The first-order chi connectivity index (χ1) is 14.2. The number of hydrogen-bond donors (Lipinski definition) is 1. The number of sulfonamides is 1. The van der Waals surface area contributed by atoms with E-state index in [9.17, 15) is 13.2 Å². The van der Waals surface area contributed by atoms with Crippen LogP contribution in [0.5, 0.6) is 11.5 Å². The number of fused-ring (bicyclic) bond motifs is 2. The highest BCUT2D eigenvalue weighted by atomic mass is 32.2. The van der Waals surface area contributed by atoms with Crippen LogP contribution >= 0.6 is 0 Å². The summed E-state index contributed by atoms with van der Waals surface area (Å²) in [5, 5.41) is 3.06. The highest BCUT2D eigenvalue weighted by Crippen LogP contribution is 2.40. The lowest BCUT2D eigenvalue weighted by molar-refractivity contribution is -0.129. The van der Waals surface area contributed by atoms with Gasteiger partial charge in [-0.3, -0.25) is 9.10 Å². The second-order valence-corrected chi connectivity index (χ2v) is 10.4. The summed E-state index contributed by atoms with van der Waals surface area (Å²) in [7, 11) is -3.55. The van der Waals surface area contributed by atoms with Crippen molar-refractivity contribution in [3.8, 4) is 11.5 Å². The number of carbonyl (C=O) groups excluding carboxylic acids is 1. The topological polar surface area (TPSA) is 84.9 Å². The Morgan fingerprint density at radius 2 is 1.80 bits per heavy atom. The maximum atomic E-state index is 13.2. The zero-order chi connectivity index (χ0) is 21.5. The molecule has 8 heteroatoms. The predicted octanol–water partition coefficient (Wildman–Crippen LogP) is 3.02. The summed E-state index contributed by atoms with van der Waals surface area (Å²) in [5.41, 5.74) is 0.921. The first kappa shape index (κ1) is 20.5. The Morgan fingerprint density at radius 3 is 2.53 bits per heavy atom. The number of ether oxygens (including phenoxy) is 2. The molecule has 0 radical (unpaired) electrons. The van der Waals surface area contributed by atoms with Gasteiger partial charge in [-0.2, -0.15) is 0 Å². The minimum atomic E-state index is -3.55. The molecule has 2 aromatic carbocycles. The van der Waals surface area contributed by atoms with Gasteiger partial charge in [-0.15, -0.1) is 0 Å². The summed E-state index contributed by atoms with van der Waals surface area (Å²) in [6, 6.07) is 14.2. The number of benzene rings is 2. The molecule has 0 spiro atoms. The molecular weight excluding hydrogens is 404 g/mol. The lowest BCUT2D eigenvalue weighted by Crippen LogP contribution is -2.52. The third kappa shape index (κ3) is 3.84. The summed E-state index contributed by atoms with van der Waals surface area (Å²) in [4.78, 5) is 13.2. The van der Waals surface area contributed by atoms with Gasteiger partial charge in [0.1, 0.15) is 17.1 Å². The second-order valence-electron chi connectivity index (χ2n) is 8.17. The summed E-state index contributed by atoms with van der Waals surface area (Å²) < 4.78 is 38.5. The van der Waals surface area contributed by atoms with Gasteiger partial charge in [0.2, 0.25) is 10.0 Å². The normalized spacial score (nSPS) is 22.2. The summed E-state index contributed by atoms with van der Waals surface area (Å²) in [6.07, 6.45) is -0.352. The molecule has 0 saturated heterocycles. The van der Waals surface area contributed by atoms with E-state index in [-0.39, 0.29) is 24.2 Å². The first-order valence-electron chi connectivity index (χ1n) is 10.0. The van der Waals surface area contributed by atoms with E-state index in [1.54, 1.807) is 31.2 Å². The zero-order valence-corrected chi connectivity index (χ0v) is 18.1. The van der Waals surface area contributed by atoms with Gasteiger partial charge in [0.15, 0.2) is 6.10 Å². The van der Waals surface area contributed by atoms with E-state index in [1.807, 2.05) is 38.1 Å². The molecule has 1 N–H and O–H groups in total. The van der Waals surface area contributed by atoms with Crippen molar-refractivity contribution >= 4 is 21.6 Å². The highest BCUT2D eigenvalue weighted by molar-refractivity contribution is 7.92. The maximum Gasteiger partial charge on any atom is 0.263 e. The number of carbonyl (C=O) groups is 1. The molecule has 2 aliphatic rings. The van der Waals surface area contributed by atoms with Crippen molar-refractivity contribution in [2.45, 2.75) is 44.9 Å². The van der Waals surface area contributed by atoms with Crippen LogP contribution in [0.15, 0.2) is 48.5 Å². The Balaban J connectivity index is 1.60. The minimum Gasteiger partial charge on any atom is -0.487 e. The van der Waals surface area contributed by atoms with Crippen molar-refractivity contribution in [3.63, 3.8) is 0 Å². The van der Waals surface area contributed by atoms with Crippen molar-refractivity contribution in [1.82, 2.24) is 5.32 Å². The van der Waals surface area contributed by atoms with Crippen LogP contribution in [0.1, 0.15) is 38.8 Å². The lowest BCUT2D eigenvalue weighted by atomic mass is 9.89. The Hall–Kier alpha value is -2.74. The van der Waals surface area contributed by atoms with Crippen LogP contribution in [0.25, 0.3) is 0 Å². The number of rotatable bonds is 4. The van der Waals surface area contributed by atoms with Crippen molar-refractivity contribution in [3.05, 3.63) is 54.1 Å². The molecule has 160 valence electrons. The average molecular weight is 431 g/mol. The van der Waals surface area contributed by atoms with Crippen LogP contribution in [-0.4, -0.2) is 38.3 Å². The molecule has 7 nitrogen and oxygen atoms in total. The number of amides is 1. The summed E-state index contributed by atoms with van der Waals surface area (Å²) >= 11 is 0. The Labute approximate surface area is 177 Å². The molecule has 2 heterocycles. The smallest absolute Gasteiger partial charge is 0.263 e. The van der Waals surface area contributed by atoms with Crippen LogP contribution in [0.2, 0.25) is 0 Å². The number of nitrogens with zero attached hydrogens (tertiary/aromatic N) is 1. The molecule has 2 atom stereocenters. The fourth-order valence-corrected chi connectivity index (χ4v) is 5.08. The Morgan fingerprint density at radius 1 is 1.13 bits per heavy atom. The van der Waals surface area contributed by atoms with Crippen LogP contribution in [0.4, 0.5) is 5.69 Å². The fourth-order valence-electron chi connectivity index (χ4n) is 3.95. The molecule has 2 aromatic rings. The zero-order valence-electron chi connectivity index (χ0n) is 17.3. The van der Waals surface area contributed by atoms with E-state index < -0.39 is 21.7 Å². The Bertz CT molecular complexity index is 1070. The van der Waals surface area contributed by atoms with Gasteiger partial charge in [-0.05, 0) is 39.0 Å². The van der Waals surface area contributed by atoms with Crippen molar-refractivity contribution in [2.24, 2.45) is 0 Å². The summed E-state index contributed by atoms with van der Waals surface area (Å²) in [6.45, 7) is 5.48. The summed E-state index contributed by atoms with van der Waals surface area (Å²) in [5.74, 6) is 0.716. The van der Waals surface area contributed by atoms with Crippen LogP contribution < -0.4 is 19.1 Å². The molecule has 4 rings (SSSR count). The van der Waals surface area contributed by atoms with E-state index >= 15 is 0 Å². The molecule has 0 aliphatic carbocycles. The van der Waals surface area contributed by atoms with Crippen LogP contribution in [-0.2, 0) is 14.8 Å². The minimum absolute atomic E-state index is 0.0583. The molecule has 0 bridgehead atoms. The van der Waals surface area contributed by atoms with Gasteiger partial charge in [-0.25, -0.2) is 8.42 Å². The molecule has 2 aliphatic heterocycles. The first-order valence-corrected chi connectivity index (χ1v) is 11.7. The van der Waals surface area contributed by atoms with E-state index in [0.29, 0.717) is 17.9 Å². The maximum absolute atomic E-state index is 13.2. The van der Waals surface area contributed by atoms with E-state index in [2.05, 4.69) is 5.32 Å². The molecule has 0 aromatic heterocycles. The van der Waals surface area contributed by atoms with Crippen molar-refractivity contribution in [2.75, 3.05) is 16.6 Å². The third-order valence-corrected chi connectivity index (χ3v) is 7.17. The Kier molecular flexibility index (Phi) is 5.13. The largest absolute Gasteiger partial charge is 0.487 e. The van der Waals surface area contributed by atoms with Gasteiger partial charge in [-0.1, -0.05) is 30.3 Å². The standard InChI is InChI=1S/C22H26N2O5S/c1-4-30(26,27)24-14-20(28-19-12-8-6-10-17(19)24)21(25)23-16-13-22(2,3)29-18-11-7-5-9-15(16)18/h5-12,16,20H,4,13-14H2,1-3H3,(H,23,25)/t16-,20-/m0/s1. The fraction of sp³-hybridized carbons (Fsp3) is 0.409. The number of hydrogen-bond acceptors (Lipinski definition) is 5. The molecule has 30 heavy (non-hydrogen) atoms. The monoisotopic (exact) mass is 430 g/mol. The lowest BCUT2D eigenvalue weighted by Gasteiger charge is -2.39. The quantitative estimate of drug-likeness (QED) is 0.806. The number of para-hydroxylation sites is 3. The predicted molar refractivity (Wildman–Crippen MR) is 114 cm³/mol. The molecular formula is C22H26N2O5S. The van der Waals surface area contributed by atoms with Crippen LogP contribution in [0, 0.1) is 0 Å². The van der Waals surface area contributed by atoms with Gasteiger partial charge in [0.05, 0.1) is 24.0 Å². The van der Waals surface area contributed by atoms with Gasteiger partial charge in [0.25, 0.3) is 5.91 Å². The average Bonchev–Trinajstić information content (AvgIpc) is 2.72. The van der Waals surface area contributed by atoms with Crippen molar-refractivity contribution in [1.29, 1.82) is 0 Å². The van der Waals surface area contributed by atoms with E-state index in [4.69, 9.17) is 9.47 Å². The van der Waals surface area contributed by atoms with Gasteiger partial charge < -0.3 is 14.8 Å². The van der Waals surface area contributed by atoms with Gasteiger partial charge >= 0.3 is 0 Å². The van der Waals surface area contributed by atoms with E-state index in [1.165, 1.54) is 4.31 Å². The second kappa shape index (κ2) is 7.50. The SMILES string of the molecule is CCS(=O)(=O)N1C[C@@H](C(=O)N[C@H]2CC(C)(C)Oc3ccccc32)Oc2ccccc21.